The Hall–Kier alpha value is -8.35. The molecule has 0 fully saturated rings. The molecule has 0 N–H and O–H groups in total. The monoisotopic (exact) mass is 1160 g/mol. The number of hydrogen-bond acceptors (Lipinski definition) is 3. The van der Waals surface area contributed by atoms with Crippen LogP contribution in [0.4, 0.5) is 0 Å². The van der Waals surface area contributed by atoms with Crippen molar-refractivity contribution in [3.63, 3.8) is 0 Å². The molecule has 0 atom stereocenters. The molecule has 0 unspecified atom stereocenters. The zero-order valence-electron chi connectivity index (χ0n) is 56.0. The lowest BCUT2D eigenvalue weighted by Gasteiger charge is -2.28. The number of benzene rings is 8. The van der Waals surface area contributed by atoms with Gasteiger partial charge >= 0.3 is 0 Å². The molecule has 88 heavy (non-hydrogen) atoms. The summed E-state index contributed by atoms with van der Waals surface area (Å²) in [5.41, 5.74) is 18.6. The van der Waals surface area contributed by atoms with Gasteiger partial charge in [0.05, 0.1) is 16.7 Å². The summed E-state index contributed by atoms with van der Waals surface area (Å²) in [6.07, 6.45) is 5.85. The van der Waals surface area contributed by atoms with E-state index in [1.807, 2.05) is 16.9 Å². The Balaban J connectivity index is 1.13. The zero-order valence-corrected chi connectivity index (χ0v) is 56.0. The fourth-order valence-corrected chi connectivity index (χ4v) is 12.0. The number of aromatic nitrogens is 5. The molecule has 3 aromatic heterocycles. The minimum absolute atomic E-state index is 0.108. The molecular formula is C82H91N5O. The van der Waals surface area contributed by atoms with Crippen molar-refractivity contribution < 1.29 is 9.30 Å². The van der Waals surface area contributed by atoms with Crippen molar-refractivity contribution in [1.29, 1.82) is 0 Å². The second-order valence-electron chi connectivity index (χ2n) is 31.3. The lowest BCUT2D eigenvalue weighted by Crippen LogP contribution is -2.33. The van der Waals surface area contributed by atoms with Crippen molar-refractivity contribution in [1.82, 2.24) is 19.3 Å². The van der Waals surface area contributed by atoms with Gasteiger partial charge in [0.2, 0.25) is 12.2 Å². The molecule has 0 aliphatic rings. The summed E-state index contributed by atoms with van der Waals surface area (Å²) in [6.45, 7) is 46.3. The highest BCUT2D eigenvalue weighted by Gasteiger charge is 2.31. The van der Waals surface area contributed by atoms with Gasteiger partial charge in [-0.05, 0) is 147 Å². The van der Waals surface area contributed by atoms with Crippen LogP contribution in [0.2, 0.25) is 0 Å². The highest BCUT2D eigenvalue weighted by atomic mass is 16.5. The van der Waals surface area contributed by atoms with E-state index < -0.39 is 0 Å². The van der Waals surface area contributed by atoms with E-state index in [0.717, 1.165) is 72.6 Å². The lowest BCUT2D eigenvalue weighted by atomic mass is 9.77. The molecule has 6 heteroatoms. The Morgan fingerprint density at radius 2 is 0.864 bits per heavy atom. The average Bonchev–Trinajstić information content (AvgIpc) is 2.01. The first-order valence-electron chi connectivity index (χ1n) is 31.5. The summed E-state index contributed by atoms with van der Waals surface area (Å²) in [5, 5.41) is 8.10. The molecule has 0 bridgehead atoms. The number of ether oxygens (including phenoxy) is 1. The quantitative estimate of drug-likeness (QED) is 0.101. The third-order valence-corrected chi connectivity index (χ3v) is 17.9. The zero-order chi connectivity index (χ0) is 63.3. The second kappa shape index (κ2) is 22.1. The first-order valence-corrected chi connectivity index (χ1v) is 31.5. The van der Waals surface area contributed by atoms with Crippen LogP contribution in [0.1, 0.15) is 183 Å². The van der Waals surface area contributed by atoms with E-state index in [0.29, 0.717) is 11.5 Å². The first-order chi connectivity index (χ1) is 41.1. The smallest absolute Gasteiger partial charge is 0.233 e. The van der Waals surface area contributed by atoms with Gasteiger partial charge in [0.1, 0.15) is 17.3 Å². The van der Waals surface area contributed by atoms with Gasteiger partial charge in [-0.15, -0.1) is 0 Å². The van der Waals surface area contributed by atoms with E-state index in [2.05, 4.69) is 330 Å². The lowest BCUT2D eigenvalue weighted by molar-refractivity contribution is -0.589. The molecule has 0 amide bonds. The van der Waals surface area contributed by atoms with Crippen LogP contribution in [0, 0.1) is 6.33 Å². The molecule has 0 saturated carbocycles. The Kier molecular flexibility index (Phi) is 15.4. The van der Waals surface area contributed by atoms with Crippen molar-refractivity contribution in [2.75, 3.05) is 0 Å². The Morgan fingerprint density at radius 1 is 0.386 bits per heavy atom. The molecule has 0 aliphatic heterocycles. The predicted octanol–water partition coefficient (Wildman–Crippen LogP) is 21.3. The number of nitrogens with zero attached hydrogens (tertiary/aromatic N) is 5. The summed E-state index contributed by atoms with van der Waals surface area (Å²) in [6, 6.07) is 66.8. The number of para-hydroxylation sites is 1. The minimum Gasteiger partial charge on any atom is -0.458 e. The molecule has 3 heterocycles. The van der Waals surface area contributed by atoms with Crippen LogP contribution < -0.4 is 9.30 Å². The van der Waals surface area contributed by atoms with E-state index in [1.54, 1.807) is 0 Å². The van der Waals surface area contributed by atoms with E-state index >= 15 is 0 Å². The third-order valence-electron chi connectivity index (χ3n) is 17.9. The van der Waals surface area contributed by atoms with Gasteiger partial charge in [0, 0.05) is 39.7 Å². The molecule has 0 saturated heterocycles. The number of fused-ring (bicyclic) bond motifs is 3. The minimum atomic E-state index is -0.247. The van der Waals surface area contributed by atoms with Crippen LogP contribution in [0.3, 0.4) is 0 Å². The molecule has 0 spiro atoms. The van der Waals surface area contributed by atoms with E-state index in [1.165, 1.54) is 44.5 Å². The maximum absolute atomic E-state index is 7.00. The molecular weight excluding hydrogens is 1070 g/mol. The van der Waals surface area contributed by atoms with Crippen LogP contribution in [-0.2, 0) is 37.9 Å². The summed E-state index contributed by atoms with van der Waals surface area (Å²) < 4.78 is 13.4. The second-order valence-corrected chi connectivity index (χ2v) is 31.3. The van der Waals surface area contributed by atoms with Crippen LogP contribution in [0.5, 0.6) is 11.5 Å². The summed E-state index contributed by atoms with van der Waals surface area (Å²) in [5.74, 6) is 3.02. The van der Waals surface area contributed by atoms with Crippen LogP contribution in [0.25, 0.3) is 72.6 Å². The SMILES string of the molecule is CC(C)(C)c1cc(-c2cccc(-c3cc(C(C)(C)C)cc(C(C)(C)C)c3)c2-c2nn(-c3cccc(Oc4ccc5c6ccccc6n(-c6cc(C(C)(C)c7ccccc7)ccn6)c5c4)c3)[c-][n+]2-c2cc(C(C)(C)C)cc(C(C)(C)C)c2)cc(C(C)(C)C)c1. The van der Waals surface area contributed by atoms with Crippen LogP contribution in [-0.4, -0.2) is 19.3 Å². The highest BCUT2D eigenvalue weighted by Crippen LogP contribution is 2.45. The molecule has 11 aromatic rings. The normalized spacial score (nSPS) is 13.0. The van der Waals surface area contributed by atoms with Crippen molar-refractivity contribution in [3.05, 3.63) is 239 Å². The van der Waals surface area contributed by atoms with Crippen molar-refractivity contribution >= 4 is 21.8 Å². The van der Waals surface area contributed by atoms with Gasteiger partial charge in [0.15, 0.2) is 0 Å². The van der Waals surface area contributed by atoms with E-state index in [9.17, 15) is 0 Å². The summed E-state index contributed by atoms with van der Waals surface area (Å²) in [7, 11) is 0. The average molecular weight is 1160 g/mol. The van der Waals surface area contributed by atoms with Crippen molar-refractivity contribution in [2.24, 2.45) is 0 Å². The largest absolute Gasteiger partial charge is 0.458 e. The highest BCUT2D eigenvalue weighted by molar-refractivity contribution is 6.09. The predicted molar refractivity (Wildman–Crippen MR) is 370 cm³/mol. The van der Waals surface area contributed by atoms with Gasteiger partial charge in [-0.2, -0.15) is 4.68 Å². The van der Waals surface area contributed by atoms with Crippen molar-refractivity contribution in [2.45, 2.75) is 176 Å². The number of rotatable bonds is 10. The van der Waals surface area contributed by atoms with Crippen LogP contribution in [0.15, 0.2) is 188 Å². The van der Waals surface area contributed by atoms with Gasteiger partial charge in [-0.1, -0.05) is 272 Å². The standard InChI is InChI=1S/C82H91N5O/c1-76(2,3)57-40-53(41-58(44-57)77(4,5)6)67-33-27-34-68(54-42-59(78(7,8)9)45-60(43-54)79(10,11)12)74(67)75-84-86(52-85(75)64-47-61(80(13,14)15)46-62(48-64)81(16,17)18)63-30-26-31-65(50-63)88-66-36-37-70-69-32-24-25-35-71(69)87(72(70)51-66)73-49-56(38-39-83-73)82(19,20)55-28-22-21-23-29-55/h21-51H,1-20H3. The van der Waals surface area contributed by atoms with Crippen molar-refractivity contribution in [3.8, 4) is 62.3 Å². The van der Waals surface area contributed by atoms with Gasteiger partial charge in [-0.25, -0.2) is 4.98 Å². The summed E-state index contributed by atoms with van der Waals surface area (Å²) >= 11 is 0. The first kappa shape index (κ1) is 61.3. The fraction of sp³-hybridized carbons (Fsp3) is 0.329. The van der Waals surface area contributed by atoms with Crippen LogP contribution >= 0.6 is 0 Å². The maximum Gasteiger partial charge on any atom is 0.233 e. The van der Waals surface area contributed by atoms with Gasteiger partial charge < -0.3 is 9.30 Å². The summed E-state index contributed by atoms with van der Waals surface area (Å²) in [4.78, 5) is 5.04. The van der Waals surface area contributed by atoms with Gasteiger partial charge in [0.25, 0.3) is 0 Å². The molecule has 450 valence electrons. The Labute approximate surface area is 525 Å². The molecule has 0 aliphatic carbocycles. The van der Waals surface area contributed by atoms with E-state index in [4.69, 9.17) is 14.8 Å². The molecule has 8 aromatic carbocycles. The molecule has 0 radical (unpaired) electrons. The molecule has 6 nitrogen and oxygen atoms in total. The fourth-order valence-electron chi connectivity index (χ4n) is 12.0. The molecule has 11 rings (SSSR count). The Bertz CT molecular complexity index is 4240. The third kappa shape index (κ3) is 12.2. The number of pyridine rings is 1. The topological polar surface area (TPSA) is 48.8 Å². The Morgan fingerprint density at radius 3 is 1.40 bits per heavy atom. The maximum atomic E-state index is 7.00. The van der Waals surface area contributed by atoms with E-state index in [-0.39, 0.29) is 37.9 Å². The van der Waals surface area contributed by atoms with Gasteiger partial charge in [-0.3, -0.25) is 4.57 Å². The number of hydrogen-bond donors (Lipinski definition) is 0.